The van der Waals surface area contributed by atoms with Crippen LogP contribution in [0.15, 0.2) is 24.5 Å². The number of aliphatic carboxylic acids is 1. The molecule has 0 fully saturated rings. The van der Waals surface area contributed by atoms with E-state index in [0.29, 0.717) is 5.75 Å². The Hall–Kier alpha value is -0.0300. The zero-order chi connectivity index (χ0) is 8.81. The fraction of sp³-hybridized carbons (Fsp3) is 0.250. The Morgan fingerprint density at radius 3 is 2.62 bits per heavy atom. The third kappa shape index (κ3) is 6.10. The van der Waals surface area contributed by atoms with Gasteiger partial charge in [-0.15, -0.1) is 0 Å². The van der Waals surface area contributed by atoms with Crippen LogP contribution in [0.5, 0.6) is 0 Å². The van der Waals surface area contributed by atoms with E-state index in [-0.39, 0.29) is 35.3 Å². The van der Waals surface area contributed by atoms with Crippen molar-refractivity contribution < 1.29 is 39.5 Å². The van der Waals surface area contributed by atoms with Crippen molar-refractivity contribution in [2.75, 3.05) is 5.75 Å². The first-order valence-electron chi connectivity index (χ1n) is 3.45. The molecule has 0 spiro atoms. The van der Waals surface area contributed by atoms with Crippen LogP contribution in [-0.2, 0) is 10.5 Å². The van der Waals surface area contributed by atoms with Crippen molar-refractivity contribution in [2.45, 2.75) is 5.75 Å². The molecule has 0 aromatic carbocycles. The summed E-state index contributed by atoms with van der Waals surface area (Å²) in [5, 5.41) is 10.0. The van der Waals surface area contributed by atoms with Crippen LogP contribution < -0.4 is 34.7 Å². The molecule has 0 unspecified atom stereocenters. The van der Waals surface area contributed by atoms with E-state index >= 15 is 0 Å². The Morgan fingerprint density at radius 1 is 1.46 bits per heavy atom. The molecular formula is C8H8NNaO2S. The van der Waals surface area contributed by atoms with Gasteiger partial charge in [0.2, 0.25) is 0 Å². The largest absolute Gasteiger partial charge is 1.00 e. The summed E-state index contributed by atoms with van der Waals surface area (Å²) in [7, 11) is 0. The van der Waals surface area contributed by atoms with Crippen molar-refractivity contribution in [3.63, 3.8) is 0 Å². The van der Waals surface area contributed by atoms with Crippen molar-refractivity contribution in [1.82, 2.24) is 4.98 Å². The predicted molar refractivity (Wildman–Crippen MR) is 45.4 cm³/mol. The van der Waals surface area contributed by atoms with Crippen LogP contribution in [0, 0.1) is 0 Å². The van der Waals surface area contributed by atoms with Crippen molar-refractivity contribution in [3.8, 4) is 0 Å². The quantitative estimate of drug-likeness (QED) is 0.494. The van der Waals surface area contributed by atoms with Gasteiger partial charge in [-0.1, -0.05) is 0 Å². The molecule has 0 N–H and O–H groups in total. The van der Waals surface area contributed by atoms with Crippen LogP contribution in [0.2, 0.25) is 0 Å². The molecule has 5 heteroatoms. The molecule has 1 aromatic heterocycles. The summed E-state index contributed by atoms with van der Waals surface area (Å²) < 4.78 is 0. The van der Waals surface area contributed by atoms with Crippen LogP contribution in [0.4, 0.5) is 0 Å². The molecule has 3 nitrogen and oxygen atoms in total. The SMILES string of the molecule is O=C([O-])CSCc1ccncc1.[Na+]. The Kier molecular flexibility index (Phi) is 7.36. The molecular weight excluding hydrogens is 197 g/mol. The second-order valence-corrected chi connectivity index (χ2v) is 3.21. The number of pyridine rings is 1. The summed E-state index contributed by atoms with van der Waals surface area (Å²) in [5.41, 5.74) is 1.08. The molecule has 0 saturated heterocycles. The number of carbonyl (C=O) groups is 1. The number of hydrogen-bond acceptors (Lipinski definition) is 4. The minimum atomic E-state index is -1.02. The first-order valence-corrected chi connectivity index (χ1v) is 4.61. The number of carbonyl (C=O) groups excluding carboxylic acids is 1. The fourth-order valence-electron chi connectivity index (χ4n) is 0.731. The minimum absolute atomic E-state index is 0. The van der Waals surface area contributed by atoms with Gasteiger partial charge in [0.1, 0.15) is 0 Å². The number of carboxylic acid groups (broad SMARTS) is 1. The van der Waals surface area contributed by atoms with Gasteiger partial charge in [0.15, 0.2) is 0 Å². The molecule has 1 aromatic rings. The summed E-state index contributed by atoms with van der Waals surface area (Å²) in [6.07, 6.45) is 3.38. The summed E-state index contributed by atoms with van der Waals surface area (Å²) in [6.45, 7) is 0. The molecule has 1 heterocycles. The monoisotopic (exact) mass is 205 g/mol. The Balaban J connectivity index is 0.00000144. The van der Waals surface area contributed by atoms with E-state index in [1.807, 2.05) is 12.1 Å². The number of hydrogen-bond donors (Lipinski definition) is 0. The van der Waals surface area contributed by atoms with Gasteiger partial charge in [-0.3, -0.25) is 4.98 Å². The van der Waals surface area contributed by atoms with Gasteiger partial charge in [0, 0.05) is 23.9 Å². The number of aromatic nitrogens is 1. The number of rotatable bonds is 4. The molecule has 0 aliphatic rings. The van der Waals surface area contributed by atoms with Gasteiger partial charge in [0.05, 0.1) is 5.97 Å². The third-order valence-electron chi connectivity index (χ3n) is 1.24. The summed E-state index contributed by atoms with van der Waals surface area (Å²) in [4.78, 5) is 13.9. The Morgan fingerprint density at radius 2 is 2.08 bits per heavy atom. The number of nitrogens with zero attached hydrogens (tertiary/aromatic N) is 1. The molecule has 0 atom stereocenters. The van der Waals surface area contributed by atoms with Crippen molar-refractivity contribution >= 4 is 17.7 Å². The normalized spacial score (nSPS) is 8.92. The number of carboxylic acids is 1. The maximum Gasteiger partial charge on any atom is 1.00 e. The van der Waals surface area contributed by atoms with Gasteiger partial charge >= 0.3 is 29.6 Å². The Bertz CT molecular complexity index is 256. The van der Waals surface area contributed by atoms with Crippen molar-refractivity contribution in [2.24, 2.45) is 0 Å². The Labute approximate surface area is 103 Å². The average Bonchev–Trinajstić information content (AvgIpc) is 2.05. The molecule has 0 aliphatic heterocycles. The topological polar surface area (TPSA) is 53.0 Å². The van der Waals surface area contributed by atoms with Gasteiger partial charge in [-0.25, -0.2) is 0 Å². The van der Waals surface area contributed by atoms with Crippen LogP contribution in [-0.4, -0.2) is 16.7 Å². The molecule has 13 heavy (non-hydrogen) atoms. The van der Waals surface area contributed by atoms with Gasteiger partial charge in [-0.05, 0) is 17.7 Å². The maximum atomic E-state index is 10.0. The average molecular weight is 205 g/mol. The van der Waals surface area contributed by atoms with E-state index in [0.717, 1.165) is 5.56 Å². The smallest absolute Gasteiger partial charge is 0.549 e. The summed E-state index contributed by atoms with van der Waals surface area (Å²) >= 11 is 1.32. The second kappa shape index (κ2) is 7.38. The molecule has 0 bridgehead atoms. The maximum absolute atomic E-state index is 10.0. The van der Waals surface area contributed by atoms with Crippen LogP contribution in [0.3, 0.4) is 0 Å². The van der Waals surface area contributed by atoms with Crippen molar-refractivity contribution in [1.29, 1.82) is 0 Å². The standard InChI is InChI=1S/C8H9NO2S.Na/c10-8(11)6-12-5-7-1-3-9-4-2-7;/h1-4H,5-6H2,(H,10,11);/q;+1/p-1. The minimum Gasteiger partial charge on any atom is -0.549 e. The van der Waals surface area contributed by atoms with Crippen LogP contribution in [0.25, 0.3) is 0 Å². The molecule has 0 aliphatic carbocycles. The molecule has 0 saturated carbocycles. The van der Waals surface area contributed by atoms with Crippen LogP contribution in [0.1, 0.15) is 5.56 Å². The molecule has 1 rings (SSSR count). The van der Waals surface area contributed by atoms with E-state index in [4.69, 9.17) is 0 Å². The van der Waals surface area contributed by atoms with E-state index in [1.165, 1.54) is 11.8 Å². The first-order chi connectivity index (χ1) is 5.79. The van der Waals surface area contributed by atoms with E-state index in [1.54, 1.807) is 12.4 Å². The number of thioether (sulfide) groups is 1. The third-order valence-corrected chi connectivity index (χ3v) is 2.22. The van der Waals surface area contributed by atoms with Gasteiger partial charge < -0.3 is 9.90 Å². The van der Waals surface area contributed by atoms with E-state index in [9.17, 15) is 9.90 Å². The van der Waals surface area contributed by atoms with E-state index < -0.39 is 5.97 Å². The molecule has 0 amide bonds. The second-order valence-electron chi connectivity index (χ2n) is 2.22. The first kappa shape index (κ1) is 13.0. The zero-order valence-corrected chi connectivity index (χ0v) is 10.2. The fourth-order valence-corrected chi connectivity index (χ4v) is 1.43. The van der Waals surface area contributed by atoms with Gasteiger partial charge in [0.25, 0.3) is 0 Å². The molecule has 64 valence electrons. The van der Waals surface area contributed by atoms with E-state index in [2.05, 4.69) is 4.98 Å². The summed E-state index contributed by atoms with van der Waals surface area (Å²) in [6, 6.07) is 3.73. The van der Waals surface area contributed by atoms with Crippen molar-refractivity contribution in [3.05, 3.63) is 30.1 Å². The molecule has 0 radical (unpaired) electrons. The predicted octanol–water partition coefficient (Wildman–Crippen LogP) is -2.93. The van der Waals surface area contributed by atoms with Crippen LogP contribution >= 0.6 is 11.8 Å². The summed E-state index contributed by atoms with van der Waals surface area (Å²) in [5.74, 6) is -0.284. The van der Waals surface area contributed by atoms with Gasteiger partial charge in [-0.2, -0.15) is 11.8 Å². The zero-order valence-electron chi connectivity index (χ0n) is 7.40.